The molecule has 2 atom stereocenters. The maximum absolute atomic E-state index is 11.6. The Balaban J connectivity index is 2.29. The molecule has 0 saturated carbocycles. The Labute approximate surface area is 115 Å². The molecule has 1 amide bonds. The van der Waals surface area contributed by atoms with Gasteiger partial charge in [-0.15, -0.1) is 0 Å². The first-order valence-corrected chi connectivity index (χ1v) is 6.84. The van der Waals surface area contributed by atoms with E-state index in [4.69, 9.17) is 0 Å². The molecule has 0 aliphatic rings. The van der Waals surface area contributed by atoms with Gasteiger partial charge in [0.25, 0.3) is 0 Å². The van der Waals surface area contributed by atoms with Crippen LogP contribution in [-0.2, 0) is 4.79 Å². The molecule has 4 heteroatoms. The van der Waals surface area contributed by atoms with E-state index in [1.54, 1.807) is 12.1 Å². The summed E-state index contributed by atoms with van der Waals surface area (Å²) in [5.74, 6) is 0.351. The van der Waals surface area contributed by atoms with Crippen molar-refractivity contribution in [2.45, 2.75) is 45.7 Å². The molecule has 0 fully saturated rings. The van der Waals surface area contributed by atoms with Gasteiger partial charge in [0, 0.05) is 25.0 Å². The molecule has 0 aliphatic carbocycles. The summed E-state index contributed by atoms with van der Waals surface area (Å²) in [6.07, 6.45) is 1.43. The average Bonchev–Trinajstić information content (AvgIpc) is 2.39. The van der Waals surface area contributed by atoms with Crippen molar-refractivity contribution in [2.75, 3.05) is 6.54 Å². The van der Waals surface area contributed by atoms with Crippen LogP contribution in [0.25, 0.3) is 0 Å². The largest absolute Gasteiger partial charge is 0.508 e. The number of benzene rings is 1. The molecule has 19 heavy (non-hydrogen) atoms. The van der Waals surface area contributed by atoms with E-state index >= 15 is 0 Å². The fourth-order valence-electron chi connectivity index (χ4n) is 1.73. The van der Waals surface area contributed by atoms with Crippen LogP contribution in [0.2, 0.25) is 0 Å². The van der Waals surface area contributed by atoms with Gasteiger partial charge >= 0.3 is 0 Å². The predicted octanol–water partition coefficient (Wildman–Crippen LogP) is 2.35. The number of aromatic hydroxyl groups is 1. The van der Waals surface area contributed by atoms with Crippen LogP contribution in [0.1, 0.15) is 45.2 Å². The van der Waals surface area contributed by atoms with Gasteiger partial charge in [-0.1, -0.05) is 19.1 Å². The zero-order valence-electron chi connectivity index (χ0n) is 11.9. The second-order valence-electron chi connectivity index (χ2n) is 4.89. The van der Waals surface area contributed by atoms with Gasteiger partial charge in [-0.25, -0.2) is 0 Å². The molecule has 3 N–H and O–H groups in total. The van der Waals surface area contributed by atoms with Crippen molar-refractivity contribution in [3.05, 3.63) is 29.8 Å². The summed E-state index contributed by atoms with van der Waals surface area (Å²) in [5.41, 5.74) is 1.10. The van der Waals surface area contributed by atoms with Crippen molar-refractivity contribution in [1.82, 2.24) is 10.6 Å². The van der Waals surface area contributed by atoms with Crippen molar-refractivity contribution in [2.24, 2.45) is 0 Å². The maximum Gasteiger partial charge on any atom is 0.221 e. The quantitative estimate of drug-likeness (QED) is 0.708. The number of nitrogens with one attached hydrogen (secondary N) is 2. The van der Waals surface area contributed by atoms with Gasteiger partial charge < -0.3 is 15.7 Å². The van der Waals surface area contributed by atoms with Gasteiger partial charge in [0.05, 0.1) is 0 Å². The van der Waals surface area contributed by atoms with E-state index in [1.165, 1.54) is 0 Å². The van der Waals surface area contributed by atoms with Gasteiger partial charge in [0.2, 0.25) is 5.91 Å². The third-order valence-electron chi connectivity index (χ3n) is 3.22. The molecule has 4 nitrogen and oxygen atoms in total. The molecular weight excluding hydrogens is 240 g/mol. The Morgan fingerprint density at radius 1 is 1.26 bits per heavy atom. The lowest BCUT2D eigenvalue weighted by Gasteiger charge is -2.15. The summed E-state index contributed by atoms with van der Waals surface area (Å²) in [4.78, 5) is 11.6. The lowest BCUT2D eigenvalue weighted by atomic mass is 10.1. The summed E-state index contributed by atoms with van der Waals surface area (Å²) >= 11 is 0. The summed E-state index contributed by atoms with van der Waals surface area (Å²) < 4.78 is 0. The van der Waals surface area contributed by atoms with Crippen molar-refractivity contribution in [3.8, 4) is 5.75 Å². The van der Waals surface area contributed by atoms with E-state index in [9.17, 15) is 9.90 Å². The first kappa shape index (κ1) is 15.5. The van der Waals surface area contributed by atoms with E-state index in [-0.39, 0.29) is 23.7 Å². The summed E-state index contributed by atoms with van der Waals surface area (Å²) in [6, 6.07) is 7.50. The summed E-state index contributed by atoms with van der Waals surface area (Å²) in [5, 5.41) is 15.5. The van der Waals surface area contributed by atoms with Crippen molar-refractivity contribution < 1.29 is 9.90 Å². The number of rotatable bonds is 7. The topological polar surface area (TPSA) is 61.4 Å². The van der Waals surface area contributed by atoms with Gasteiger partial charge in [-0.05, 0) is 38.0 Å². The first-order valence-electron chi connectivity index (χ1n) is 6.84. The number of phenols is 1. The molecule has 106 valence electrons. The fraction of sp³-hybridized carbons (Fsp3) is 0.533. The summed E-state index contributed by atoms with van der Waals surface area (Å²) in [7, 11) is 0. The molecule has 0 bridgehead atoms. The Kier molecular flexibility index (Phi) is 6.36. The molecule has 0 spiro atoms. The number of hydrogen-bond acceptors (Lipinski definition) is 3. The lowest BCUT2D eigenvalue weighted by molar-refractivity contribution is -0.121. The molecule has 0 aromatic heterocycles. The molecule has 0 aliphatic heterocycles. The minimum Gasteiger partial charge on any atom is -0.508 e. The zero-order valence-corrected chi connectivity index (χ0v) is 11.9. The highest BCUT2D eigenvalue weighted by atomic mass is 16.3. The van der Waals surface area contributed by atoms with E-state index in [0.29, 0.717) is 13.0 Å². The van der Waals surface area contributed by atoms with Crippen molar-refractivity contribution in [3.63, 3.8) is 0 Å². The molecule has 0 saturated heterocycles. The molecule has 1 rings (SSSR count). The standard InChI is InChI=1S/C15H24N2O2/c1-4-11(2)17-15(19)9-10-16-12(3)13-5-7-14(18)8-6-13/h5-8,11-12,16,18H,4,9-10H2,1-3H3,(H,17,19). The molecular formula is C15H24N2O2. The van der Waals surface area contributed by atoms with Crippen LogP contribution in [0.5, 0.6) is 5.75 Å². The molecule has 0 radical (unpaired) electrons. The maximum atomic E-state index is 11.6. The van der Waals surface area contributed by atoms with Crippen LogP contribution in [-0.4, -0.2) is 23.6 Å². The Bertz CT molecular complexity index is 390. The molecule has 1 aromatic carbocycles. The normalized spacial score (nSPS) is 13.8. The lowest BCUT2D eigenvalue weighted by Crippen LogP contribution is -2.34. The number of hydrogen-bond donors (Lipinski definition) is 3. The average molecular weight is 264 g/mol. The minimum atomic E-state index is 0.0831. The van der Waals surface area contributed by atoms with Gasteiger partial charge in [0.1, 0.15) is 5.75 Å². The smallest absolute Gasteiger partial charge is 0.221 e. The van der Waals surface area contributed by atoms with Crippen LogP contribution < -0.4 is 10.6 Å². The number of amides is 1. The predicted molar refractivity (Wildman–Crippen MR) is 77.0 cm³/mol. The van der Waals surface area contributed by atoms with Crippen LogP contribution in [0, 0.1) is 0 Å². The van der Waals surface area contributed by atoms with Gasteiger partial charge in [-0.3, -0.25) is 4.79 Å². The van der Waals surface area contributed by atoms with E-state index in [2.05, 4.69) is 17.6 Å². The fourth-order valence-corrected chi connectivity index (χ4v) is 1.73. The van der Waals surface area contributed by atoms with E-state index in [1.807, 2.05) is 26.0 Å². The molecule has 0 heterocycles. The Morgan fingerprint density at radius 2 is 1.89 bits per heavy atom. The second-order valence-corrected chi connectivity index (χ2v) is 4.89. The van der Waals surface area contributed by atoms with Gasteiger partial charge in [-0.2, -0.15) is 0 Å². The number of phenolic OH excluding ortho intramolecular Hbond substituents is 1. The van der Waals surface area contributed by atoms with Crippen LogP contribution in [0.4, 0.5) is 0 Å². The third-order valence-corrected chi connectivity index (χ3v) is 3.22. The van der Waals surface area contributed by atoms with Crippen molar-refractivity contribution in [1.29, 1.82) is 0 Å². The highest BCUT2D eigenvalue weighted by Crippen LogP contribution is 2.16. The van der Waals surface area contributed by atoms with Crippen LogP contribution in [0.3, 0.4) is 0 Å². The minimum absolute atomic E-state index is 0.0831. The monoisotopic (exact) mass is 264 g/mol. The van der Waals surface area contributed by atoms with Crippen molar-refractivity contribution >= 4 is 5.91 Å². The second kappa shape index (κ2) is 7.79. The Hall–Kier alpha value is -1.55. The Morgan fingerprint density at radius 3 is 2.47 bits per heavy atom. The highest BCUT2D eigenvalue weighted by Gasteiger charge is 2.07. The van der Waals surface area contributed by atoms with E-state index < -0.39 is 0 Å². The van der Waals surface area contributed by atoms with Crippen LogP contribution in [0.15, 0.2) is 24.3 Å². The van der Waals surface area contributed by atoms with Crippen LogP contribution >= 0.6 is 0 Å². The van der Waals surface area contributed by atoms with E-state index in [0.717, 1.165) is 12.0 Å². The third kappa shape index (κ3) is 5.75. The zero-order chi connectivity index (χ0) is 14.3. The first-order chi connectivity index (χ1) is 9.02. The highest BCUT2D eigenvalue weighted by molar-refractivity contribution is 5.76. The number of carbonyl (C=O) groups excluding carboxylic acids is 1. The molecule has 1 aromatic rings. The number of carbonyl (C=O) groups is 1. The summed E-state index contributed by atoms with van der Waals surface area (Å²) in [6.45, 7) is 6.74. The molecule has 2 unspecified atom stereocenters. The van der Waals surface area contributed by atoms with Gasteiger partial charge in [0.15, 0.2) is 0 Å². The SMILES string of the molecule is CCC(C)NC(=O)CCNC(C)c1ccc(O)cc1.